The average molecular weight is 323 g/mol. The number of benzene rings is 2. The summed E-state index contributed by atoms with van der Waals surface area (Å²) in [4.78, 5) is 0. The number of nitrogen functional groups attached to an aromatic ring is 1. The van der Waals surface area contributed by atoms with E-state index in [-0.39, 0.29) is 16.5 Å². The van der Waals surface area contributed by atoms with E-state index < -0.39 is 5.82 Å². The number of halogens is 3. The first-order valence-electron chi connectivity index (χ1n) is 6.03. The molecule has 1 aromatic heterocycles. The Morgan fingerprint density at radius 1 is 1.00 bits per heavy atom. The summed E-state index contributed by atoms with van der Waals surface area (Å²) in [5.41, 5.74) is 7.42. The van der Waals surface area contributed by atoms with Gasteiger partial charge in [0.2, 0.25) is 5.88 Å². The first-order valence-corrected chi connectivity index (χ1v) is 6.79. The molecule has 0 spiro atoms. The van der Waals surface area contributed by atoms with Crippen molar-refractivity contribution in [2.75, 3.05) is 5.73 Å². The van der Waals surface area contributed by atoms with Crippen molar-refractivity contribution < 1.29 is 8.91 Å². The molecule has 0 saturated heterocycles. The van der Waals surface area contributed by atoms with E-state index in [0.717, 1.165) is 0 Å². The van der Waals surface area contributed by atoms with Gasteiger partial charge in [0, 0.05) is 16.1 Å². The van der Waals surface area contributed by atoms with Crippen LogP contribution in [0.15, 0.2) is 47.0 Å². The Morgan fingerprint density at radius 3 is 2.38 bits per heavy atom. The van der Waals surface area contributed by atoms with Gasteiger partial charge in [-0.2, -0.15) is 0 Å². The van der Waals surface area contributed by atoms with E-state index in [1.165, 1.54) is 12.1 Å². The molecule has 2 aromatic carbocycles. The lowest BCUT2D eigenvalue weighted by atomic mass is 10.0. The molecule has 106 valence electrons. The highest BCUT2D eigenvalue weighted by Gasteiger charge is 2.22. The van der Waals surface area contributed by atoms with Gasteiger partial charge in [-0.25, -0.2) is 4.39 Å². The average Bonchev–Trinajstić information content (AvgIpc) is 2.82. The van der Waals surface area contributed by atoms with Crippen molar-refractivity contribution in [3.05, 3.63) is 58.3 Å². The molecule has 0 aliphatic heterocycles. The molecular weight excluding hydrogens is 314 g/mol. The summed E-state index contributed by atoms with van der Waals surface area (Å²) in [7, 11) is 0. The van der Waals surface area contributed by atoms with Crippen molar-refractivity contribution in [2.45, 2.75) is 0 Å². The predicted molar refractivity (Wildman–Crippen MR) is 81.8 cm³/mol. The maximum atomic E-state index is 14.1. The number of nitrogens with zero attached hydrogens (tertiary/aromatic N) is 1. The van der Waals surface area contributed by atoms with Gasteiger partial charge in [0.05, 0.1) is 10.6 Å². The van der Waals surface area contributed by atoms with Gasteiger partial charge in [0.25, 0.3) is 0 Å². The second-order valence-corrected chi connectivity index (χ2v) is 5.22. The number of anilines is 1. The van der Waals surface area contributed by atoms with Crippen molar-refractivity contribution in [1.82, 2.24) is 5.16 Å². The summed E-state index contributed by atoms with van der Waals surface area (Å²) >= 11 is 12.0. The first-order chi connectivity index (χ1) is 10.1. The summed E-state index contributed by atoms with van der Waals surface area (Å²) in [6.45, 7) is 0. The zero-order chi connectivity index (χ0) is 15.0. The van der Waals surface area contributed by atoms with Crippen LogP contribution in [0.5, 0.6) is 0 Å². The van der Waals surface area contributed by atoms with Crippen LogP contribution in [0.25, 0.3) is 22.4 Å². The molecule has 2 N–H and O–H groups in total. The standard InChI is InChI=1S/C15H9Cl2FN2O/c16-9-6-4-8(5-7-9)14-13(15(19)21-20-14)12-10(17)2-1-3-11(12)18/h1-7H,19H2. The van der Waals surface area contributed by atoms with Crippen molar-refractivity contribution in [2.24, 2.45) is 0 Å². The number of hydrogen-bond acceptors (Lipinski definition) is 3. The highest BCUT2D eigenvalue weighted by molar-refractivity contribution is 6.33. The molecular formula is C15H9Cl2FN2O. The summed E-state index contributed by atoms with van der Waals surface area (Å²) in [5, 5.41) is 4.73. The molecule has 0 unspecified atom stereocenters. The Bertz CT molecular complexity index is 780. The van der Waals surface area contributed by atoms with Gasteiger partial charge in [-0.15, -0.1) is 0 Å². The maximum Gasteiger partial charge on any atom is 0.230 e. The lowest BCUT2D eigenvalue weighted by molar-refractivity contribution is 0.439. The van der Waals surface area contributed by atoms with Gasteiger partial charge in [0.1, 0.15) is 11.5 Å². The van der Waals surface area contributed by atoms with E-state index in [2.05, 4.69) is 5.16 Å². The number of rotatable bonds is 2. The van der Waals surface area contributed by atoms with Crippen LogP contribution in [0.4, 0.5) is 10.3 Å². The van der Waals surface area contributed by atoms with E-state index in [0.29, 0.717) is 21.8 Å². The van der Waals surface area contributed by atoms with E-state index in [4.69, 9.17) is 33.5 Å². The smallest absolute Gasteiger partial charge is 0.230 e. The van der Waals surface area contributed by atoms with Gasteiger partial charge in [-0.1, -0.05) is 46.6 Å². The minimum Gasteiger partial charge on any atom is -0.367 e. The van der Waals surface area contributed by atoms with Gasteiger partial charge in [-0.05, 0) is 24.3 Å². The third kappa shape index (κ3) is 2.48. The van der Waals surface area contributed by atoms with E-state index in [1.807, 2.05) is 0 Å². The monoisotopic (exact) mass is 322 g/mol. The molecule has 3 nitrogen and oxygen atoms in total. The number of nitrogens with two attached hydrogens (primary N) is 1. The minimum absolute atomic E-state index is 0.00644. The largest absolute Gasteiger partial charge is 0.367 e. The fourth-order valence-electron chi connectivity index (χ4n) is 2.09. The van der Waals surface area contributed by atoms with Gasteiger partial charge >= 0.3 is 0 Å². The topological polar surface area (TPSA) is 52.0 Å². The van der Waals surface area contributed by atoms with Crippen molar-refractivity contribution in [1.29, 1.82) is 0 Å². The van der Waals surface area contributed by atoms with Crippen molar-refractivity contribution in [3.63, 3.8) is 0 Å². The fraction of sp³-hybridized carbons (Fsp3) is 0. The molecule has 0 radical (unpaired) electrons. The van der Waals surface area contributed by atoms with E-state index in [1.54, 1.807) is 30.3 Å². The third-order valence-corrected chi connectivity index (χ3v) is 3.62. The molecule has 0 aliphatic rings. The molecule has 3 aromatic rings. The van der Waals surface area contributed by atoms with Crippen LogP contribution in [-0.2, 0) is 0 Å². The second kappa shape index (κ2) is 5.39. The van der Waals surface area contributed by atoms with Crippen LogP contribution in [0.1, 0.15) is 0 Å². The maximum absolute atomic E-state index is 14.1. The lowest BCUT2D eigenvalue weighted by Gasteiger charge is -2.06. The van der Waals surface area contributed by atoms with Crippen LogP contribution < -0.4 is 5.73 Å². The summed E-state index contributed by atoms with van der Waals surface area (Å²) in [6, 6.07) is 11.3. The highest BCUT2D eigenvalue weighted by Crippen LogP contribution is 2.41. The summed E-state index contributed by atoms with van der Waals surface area (Å²) < 4.78 is 19.1. The van der Waals surface area contributed by atoms with Crippen LogP contribution in [0.2, 0.25) is 10.0 Å². The Morgan fingerprint density at radius 2 is 1.71 bits per heavy atom. The Hall–Kier alpha value is -2.04. The quantitative estimate of drug-likeness (QED) is 0.719. The second-order valence-electron chi connectivity index (χ2n) is 4.37. The third-order valence-electron chi connectivity index (χ3n) is 3.05. The molecule has 0 aliphatic carbocycles. The normalized spacial score (nSPS) is 10.8. The van der Waals surface area contributed by atoms with Crippen LogP contribution >= 0.6 is 23.2 Å². The Kier molecular flexibility index (Phi) is 3.57. The molecule has 1 heterocycles. The molecule has 0 saturated carbocycles. The van der Waals surface area contributed by atoms with Crippen molar-refractivity contribution >= 4 is 29.1 Å². The Balaban J connectivity index is 2.25. The van der Waals surface area contributed by atoms with E-state index >= 15 is 0 Å². The van der Waals surface area contributed by atoms with Gasteiger partial charge in [-0.3, -0.25) is 0 Å². The molecule has 0 fully saturated rings. The number of aromatic nitrogens is 1. The summed E-state index contributed by atoms with van der Waals surface area (Å²) in [5.74, 6) is -0.487. The molecule has 0 amide bonds. The van der Waals surface area contributed by atoms with Crippen LogP contribution in [0, 0.1) is 5.82 Å². The zero-order valence-corrected chi connectivity index (χ0v) is 12.1. The minimum atomic E-state index is -0.493. The molecule has 6 heteroatoms. The number of hydrogen-bond donors (Lipinski definition) is 1. The van der Waals surface area contributed by atoms with E-state index in [9.17, 15) is 4.39 Å². The molecule has 21 heavy (non-hydrogen) atoms. The molecule has 0 bridgehead atoms. The predicted octanol–water partition coefficient (Wildman–Crippen LogP) is 5.04. The zero-order valence-electron chi connectivity index (χ0n) is 10.6. The Labute approximate surface area is 130 Å². The lowest BCUT2D eigenvalue weighted by Crippen LogP contribution is -1.92. The van der Waals surface area contributed by atoms with Gasteiger partial charge in [0.15, 0.2) is 0 Å². The highest BCUT2D eigenvalue weighted by atomic mass is 35.5. The fourth-order valence-corrected chi connectivity index (χ4v) is 2.47. The van der Waals surface area contributed by atoms with Gasteiger partial charge < -0.3 is 10.3 Å². The summed E-state index contributed by atoms with van der Waals surface area (Å²) in [6.07, 6.45) is 0. The van der Waals surface area contributed by atoms with Crippen molar-refractivity contribution in [3.8, 4) is 22.4 Å². The van der Waals surface area contributed by atoms with Crippen LogP contribution in [0.3, 0.4) is 0 Å². The SMILES string of the molecule is Nc1onc(-c2ccc(Cl)cc2)c1-c1c(F)cccc1Cl. The van der Waals surface area contributed by atoms with Crippen LogP contribution in [-0.4, -0.2) is 5.16 Å². The first kappa shape index (κ1) is 13.9. The molecule has 3 rings (SSSR count). The molecule has 0 atom stereocenters.